The van der Waals surface area contributed by atoms with Crippen molar-refractivity contribution < 1.29 is 14.3 Å². The molecule has 1 aliphatic rings. The summed E-state index contributed by atoms with van der Waals surface area (Å²) >= 11 is 5.94. The normalized spacial score (nSPS) is 14.5. The average molecular weight is 417 g/mol. The molecule has 0 spiro atoms. The molecule has 1 fully saturated rings. The van der Waals surface area contributed by atoms with E-state index in [1.807, 2.05) is 4.90 Å². The lowest BCUT2D eigenvalue weighted by Crippen LogP contribution is -2.42. The summed E-state index contributed by atoms with van der Waals surface area (Å²) in [7, 11) is 1.60. The van der Waals surface area contributed by atoms with Gasteiger partial charge in [0.1, 0.15) is 5.82 Å². The van der Waals surface area contributed by atoms with E-state index >= 15 is 0 Å². The third kappa shape index (κ3) is 6.17. The van der Waals surface area contributed by atoms with Crippen molar-refractivity contribution in [3.63, 3.8) is 0 Å². The van der Waals surface area contributed by atoms with Crippen molar-refractivity contribution >= 4 is 34.9 Å². The summed E-state index contributed by atoms with van der Waals surface area (Å²) in [4.78, 5) is 30.6. The maximum atomic E-state index is 12.3. The fourth-order valence-corrected chi connectivity index (χ4v) is 3.40. The van der Waals surface area contributed by atoms with E-state index in [-0.39, 0.29) is 17.9 Å². The first-order valence-corrected chi connectivity index (χ1v) is 9.99. The average Bonchev–Trinajstić information content (AvgIpc) is 2.73. The molecule has 0 aliphatic carbocycles. The number of anilines is 2. The smallest absolute Gasteiger partial charge is 0.257 e. The second kappa shape index (κ2) is 10.2. The molecule has 1 saturated heterocycles. The number of nitrogens with one attached hydrogen (secondary N) is 2. The van der Waals surface area contributed by atoms with Crippen LogP contribution in [0, 0.1) is 0 Å². The highest BCUT2D eigenvalue weighted by Gasteiger charge is 2.22. The lowest BCUT2D eigenvalue weighted by atomic mass is 10.0. The van der Waals surface area contributed by atoms with Gasteiger partial charge in [0.2, 0.25) is 5.91 Å². The van der Waals surface area contributed by atoms with Gasteiger partial charge in [0, 0.05) is 43.1 Å². The van der Waals surface area contributed by atoms with Crippen LogP contribution in [-0.2, 0) is 9.53 Å². The van der Waals surface area contributed by atoms with Gasteiger partial charge < -0.3 is 20.3 Å². The summed E-state index contributed by atoms with van der Waals surface area (Å²) in [5.41, 5.74) is 1.10. The largest absolute Gasteiger partial charge is 0.384 e. The Morgan fingerprint density at radius 3 is 2.69 bits per heavy atom. The number of hydrogen-bond acceptors (Lipinski definition) is 5. The molecule has 0 unspecified atom stereocenters. The van der Waals surface area contributed by atoms with E-state index in [2.05, 4.69) is 15.6 Å². The molecule has 1 aliphatic heterocycles. The summed E-state index contributed by atoms with van der Waals surface area (Å²) in [6.07, 6.45) is 3.69. The summed E-state index contributed by atoms with van der Waals surface area (Å²) < 4.78 is 4.97. The van der Waals surface area contributed by atoms with Crippen LogP contribution < -0.4 is 10.6 Å². The zero-order valence-corrected chi connectivity index (χ0v) is 17.1. The van der Waals surface area contributed by atoms with Crippen LogP contribution in [0.5, 0.6) is 0 Å². The van der Waals surface area contributed by atoms with Gasteiger partial charge >= 0.3 is 0 Å². The number of ether oxygens (including phenoxy) is 1. The highest BCUT2D eigenvalue weighted by molar-refractivity contribution is 6.30. The number of piperidine rings is 1. The number of pyridine rings is 1. The van der Waals surface area contributed by atoms with Crippen molar-refractivity contribution in [2.45, 2.75) is 25.3 Å². The molecule has 7 nitrogen and oxygen atoms in total. The Kier molecular flexibility index (Phi) is 7.43. The standard InChI is InChI=1S/C21H25ClN4O3/c1-29-12-9-20(27)26-10-7-17(8-11-26)24-19-6-5-15(14-23-19)21(28)25-18-4-2-3-16(22)13-18/h2-6,13-14,17H,7-12H2,1H3,(H,23,24)(H,25,28). The minimum atomic E-state index is -0.241. The summed E-state index contributed by atoms with van der Waals surface area (Å²) in [6, 6.07) is 10.8. The Balaban J connectivity index is 1.48. The van der Waals surface area contributed by atoms with Gasteiger partial charge in [-0.2, -0.15) is 0 Å². The van der Waals surface area contributed by atoms with E-state index in [0.717, 1.165) is 25.9 Å². The molecule has 3 rings (SSSR count). The SMILES string of the molecule is COCCC(=O)N1CCC(Nc2ccc(C(=O)Nc3cccc(Cl)c3)cn2)CC1. The number of halogens is 1. The number of amides is 2. The Morgan fingerprint density at radius 2 is 2.03 bits per heavy atom. The molecule has 1 aromatic carbocycles. The first kappa shape index (κ1) is 21.1. The van der Waals surface area contributed by atoms with Gasteiger partial charge in [-0.05, 0) is 43.2 Å². The number of likely N-dealkylation sites (tertiary alicyclic amines) is 1. The van der Waals surface area contributed by atoms with Gasteiger partial charge in [0.15, 0.2) is 0 Å². The fraction of sp³-hybridized carbons (Fsp3) is 0.381. The fourth-order valence-electron chi connectivity index (χ4n) is 3.21. The summed E-state index contributed by atoms with van der Waals surface area (Å²) in [5.74, 6) is 0.612. The first-order chi connectivity index (χ1) is 14.0. The van der Waals surface area contributed by atoms with Crippen molar-refractivity contribution in [1.82, 2.24) is 9.88 Å². The van der Waals surface area contributed by atoms with Gasteiger partial charge in [-0.1, -0.05) is 17.7 Å². The zero-order chi connectivity index (χ0) is 20.6. The van der Waals surface area contributed by atoms with Crippen LogP contribution >= 0.6 is 11.6 Å². The van der Waals surface area contributed by atoms with Gasteiger partial charge in [-0.15, -0.1) is 0 Å². The lowest BCUT2D eigenvalue weighted by Gasteiger charge is -2.32. The maximum Gasteiger partial charge on any atom is 0.257 e. The first-order valence-electron chi connectivity index (χ1n) is 9.61. The maximum absolute atomic E-state index is 12.3. The zero-order valence-electron chi connectivity index (χ0n) is 16.4. The molecule has 0 radical (unpaired) electrons. The van der Waals surface area contributed by atoms with Gasteiger partial charge in [0.05, 0.1) is 18.6 Å². The topological polar surface area (TPSA) is 83.6 Å². The number of rotatable bonds is 7. The molecule has 29 heavy (non-hydrogen) atoms. The Hall–Kier alpha value is -2.64. The number of aromatic nitrogens is 1. The number of carbonyl (C=O) groups excluding carboxylic acids is 2. The van der Waals surface area contributed by atoms with Crippen LogP contribution in [0.15, 0.2) is 42.6 Å². The number of hydrogen-bond donors (Lipinski definition) is 2. The highest BCUT2D eigenvalue weighted by atomic mass is 35.5. The molecule has 0 saturated carbocycles. The molecule has 2 N–H and O–H groups in total. The molecule has 2 amide bonds. The van der Waals surface area contributed by atoms with E-state index in [4.69, 9.17) is 16.3 Å². The summed E-state index contributed by atoms with van der Waals surface area (Å²) in [5, 5.41) is 6.75. The van der Waals surface area contributed by atoms with Crippen LogP contribution in [-0.4, -0.2) is 54.5 Å². The van der Waals surface area contributed by atoms with Crippen LogP contribution in [0.2, 0.25) is 5.02 Å². The van der Waals surface area contributed by atoms with Gasteiger partial charge in [-0.3, -0.25) is 9.59 Å². The minimum absolute atomic E-state index is 0.137. The third-order valence-electron chi connectivity index (χ3n) is 4.83. The molecular weight excluding hydrogens is 392 g/mol. The van der Waals surface area contributed by atoms with Crippen LogP contribution in [0.3, 0.4) is 0 Å². The van der Waals surface area contributed by atoms with E-state index in [1.54, 1.807) is 49.7 Å². The van der Waals surface area contributed by atoms with E-state index < -0.39 is 0 Å². The van der Waals surface area contributed by atoms with Crippen LogP contribution in [0.25, 0.3) is 0 Å². The van der Waals surface area contributed by atoms with E-state index in [0.29, 0.717) is 35.1 Å². The van der Waals surface area contributed by atoms with Crippen molar-refractivity contribution in [3.05, 3.63) is 53.2 Å². The molecule has 0 atom stereocenters. The van der Waals surface area contributed by atoms with E-state index in [9.17, 15) is 9.59 Å². The number of nitrogens with zero attached hydrogens (tertiary/aromatic N) is 2. The Labute approximate surface area is 175 Å². The van der Waals surface area contributed by atoms with Crippen LogP contribution in [0.1, 0.15) is 29.6 Å². The molecule has 2 heterocycles. The predicted octanol–water partition coefficient (Wildman–Crippen LogP) is 3.43. The van der Waals surface area contributed by atoms with Crippen molar-refractivity contribution in [3.8, 4) is 0 Å². The second-order valence-corrected chi connectivity index (χ2v) is 7.38. The van der Waals surface area contributed by atoms with Crippen molar-refractivity contribution in [2.24, 2.45) is 0 Å². The molecule has 0 bridgehead atoms. The van der Waals surface area contributed by atoms with Crippen molar-refractivity contribution in [2.75, 3.05) is 37.4 Å². The van der Waals surface area contributed by atoms with Crippen LogP contribution in [0.4, 0.5) is 11.5 Å². The van der Waals surface area contributed by atoms with E-state index in [1.165, 1.54) is 0 Å². The number of methoxy groups -OCH3 is 1. The molecule has 1 aromatic heterocycles. The third-order valence-corrected chi connectivity index (χ3v) is 5.06. The van der Waals surface area contributed by atoms with Gasteiger partial charge in [-0.25, -0.2) is 4.98 Å². The molecule has 2 aromatic rings. The van der Waals surface area contributed by atoms with Crippen molar-refractivity contribution in [1.29, 1.82) is 0 Å². The summed E-state index contributed by atoms with van der Waals surface area (Å²) in [6.45, 7) is 1.90. The minimum Gasteiger partial charge on any atom is -0.384 e. The van der Waals surface area contributed by atoms with Gasteiger partial charge in [0.25, 0.3) is 5.91 Å². The monoisotopic (exact) mass is 416 g/mol. The lowest BCUT2D eigenvalue weighted by molar-refractivity contribution is -0.133. The molecule has 154 valence electrons. The Bertz CT molecular complexity index is 836. The number of benzene rings is 1. The predicted molar refractivity (Wildman–Crippen MR) is 113 cm³/mol. The molecular formula is C21H25ClN4O3. The molecule has 8 heteroatoms. The quantitative estimate of drug-likeness (QED) is 0.722. The Morgan fingerprint density at radius 1 is 1.24 bits per heavy atom. The number of carbonyl (C=O) groups is 2. The second-order valence-electron chi connectivity index (χ2n) is 6.94. The highest BCUT2D eigenvalue weighted by Crippen LogP contribution is 2.18.